The predicted molar refractivity (Wildman–Crippen MR) is 71.3 cm³/mol. The lowest BCUT2D eigenvalue weighted by atomic mass is 10.2. The van der Waals surface area contributed by atoms with Crippen molar-refractivity contribution in [1.82, 2.24) is 19.9 Å². The van der Waals surface area contributed by atoms with Gasteiger partial charge in [0.1, 0.15) is 17.8 Å². The Morgan fingerprint density at radius 1 is 1.22 bits per heavy atom. The van der Waals surface area contributed by atoms with Gasteiger partial charge < -0.3 is 5.32 Å². The summed E-state index contributed by atoms with van der Waals surface area (Å²) >= 11 is 0. The Bertz CT molecular complexity index is 524. The van der Waals surface area contributed by atoms with Crippen LogP contribution in [0.3, 0.4) is 0 Å². The molecule has 2 aromatic rings. The fourth-order valence-corrected chi connectivity index (χ4v) is 1.58. The molecule has 0 bridgehead atoms. The number of hydrogen-bond acceptors (Lipinski definition) is 5. The summed E-state index contributed by atoms with van der Waals surface area (Å²) in [7, 11) is 0. The normalized spacial score (nSPS) is 10.4. The highest BCUT2D eigenvalue weighted by atomic mass is 15.0. The summed E-state index contributed by atoms with van der Waals surface area (Å²) in [6.45, 7) is 7.04. The largest absolute Gasteiger partial charge is 0.370 e. The molecule has 0 radical (unpaired) electrons. The standard InChI is InChI=1S/C13H17N5/c1-4-6-15-12-9(2)10(3)17-13(18-12)11-5-7-14-8-16-11/h5,7-8H,4,6H2,1-3H3,(H,15,17,18). The van der Waals surface area contributed by atoms with E-state index < -0.39 is 0 Å². The zero-order valence-electron chi connectivity index (χ0n) is 10.9. The molecule has 2 aromatic heterocycles. The fraction of sp³-hybridized carbons (Fsp3) is 0.385. The average molecular weight is 243 g/mol. The van der Waals surface area contributed by atoms with Crippen LogP contribution in [0.1, 0.15) is 24.6 Å². The van der Waals surface area contributed by atoms with Crippen LogP contribution in [0.15, 0.2) is 18.6 Å². The molecular weight excluding hydrogens is 226 g/mol. The Kier molecular flexibility index (Phi) is 3.82. The van der Waals surface area contributed by atoms with Crippen LogP contribution in [0.25, 0.3) is 11.5 Å². The van der Waals surface area contributed by atoms with Gasteiger partial charge in [-0.25, -0.2) is 19.9 Å². The Morgan fingerprint density at radius 3 is 2.72 bits per heavy atom. The van der Waals surface area contributed by atoms with E-state index in [1.54, 1.807) is 6.20 Å². The molecule has 0 unspecified atom stereocenters. The van der Waals surface area contributed by atoms with Gasteiger partial charge in [-0.05, 0) is 26.3 Å². The van der Waals surface area contributed by atoms with Gasteiger partial charge in [0.2, 0.25) is 0 Å². The van der Waals surface area contributed by atoms with Crippen molar-refractivity contribution in [1.29, 1.82) is 0 Å². The fourth-order valence-electron chi connectivity index (χ4n) is 1.58. The van der Waals surface area contributed by atoms with E-state index in [0.717, 1.165) is 35.7 Å². The smallest absolute Gasteiger partial charge is 0.180 e. The summed E-state index contributed by atoms with van der Waals surface area (Å²) in [5, 5.41) is 3.32. The summed E-state index contributed by atoms with van der Waals surface area (Å²) in [6.07, 6.45) is 4.26. The van der Waals surface area contributed by atoms with E-state index in [9.17, 15) is 0 Å². The van der Waals surface area contributed by atoms with E-state index in [2.05, 4.69) is 32.2 Å². The first-order valence-corrected chi connectivity index (χ1v) is 6.08. The van der Waals surface area contributed by atoms with Gasteiger partial charge in [-0.2, -0.15) is 0 Å². The number of hydrogen-bond donors (Lipinski definition) is 1. The van der Waals surface area contributed by atoms with Gasteiger partial charge in [0.15, 0.2) is 5.82 Å². The van der Waals surface area contributed by atoms with Crippen molar-refractivity contribution in [3.8, 4) is 11.5 Å². The second-order valence-electron chi connectivity index (χ2n) is 4.13. The van der Waals surface area contributed by atoms with Crippen molar-refractivity contribution >= 4 is 5.82 Å². The molecule has 5 nitrogen and oxygen atoms in total. The molecule has 0 amide bonds. The topological polar surface area (TPSA) is 63.6 Å². The maximum absolute atomic E-state index is 4.53. The molecule has 0 aromatic carbocycles. The van der Waals surface area contributed by atoms with Crippen molar-refractivity contribution in [3.63, 3.8) is 0 Å². The number of nitrogens with one attached hydrogen (secondary N) is 1. The minimum atomic E-state index is 0.638. The third kappa shape index (κ3) is 2.61. The Labute approximate surface area is 107 Å². The van der Waals surface area contributed by atoms with E-state index in [0.29, 0.717) is 5.82 Å². The second-order valence-corrected chi connectivity index (χ2v) is 4.13. The van der Waals surface area contributed by atoms with Gasteiger partial charge in [0, 0.05) is 24.0 Å². The van der Waals surface area contributed by atoms with Gasteiger partial charge in [-0.3, -0.25) is 0 Å². The van der Waals surface area contributed by atoms with Crippen molar-refractivity contribution in [2.45, 2.75) is 27.2 Å². The highest BCUT2D eigenvalue weighted by molar-refractivity contribution is 5.55. The van der Waals surface area contributed by atoms with Crippen LogP contribution in [0, 0.1) is 13.8 Å². The quantitative estimate of drug-likeness (QED) is 0.893. The van der Waals surface area contributed by atoms with E-state index in [4.69, 9.17) is 0 Å². The lowest BCUT2D eigenvalue weighted by molar-refractivity contribution is 0.952. The maximum Gasteiger partial charge on any atom is 0.180 e. The molecule has 5 heteroatoms. The van der Waals surface area contributed by atoms with Crippen LogP contribution in [0.4, 0.5) is 5.82 Å². The average Bonchev–Trinajstić information content (AvgIpc) is 2.41. The molecule has 18 heavy (non-hydrogen) atoms. The van der Waals surface area contributed by atoms with E-state index in [1.807, 2.05) is 19.9 Å². The van der Waals surface area contributed by atoms with Crippen LogP contribution < -0.4 is 5.32 Å². The third-order valence-corrected chi connectivity index (χ3v) is 2.74. The molecule has 0 aliphatic rings. The Balaban J connectivity index is 2.41. The molecule has 2 rings (SSSR count). The maximum atomic E-state index is 4.53. The van der Waals surface area contributed by atoms with E-state index in [1.165, 1.54) is 6.33 Å². The first kappa shape index (κ1) is 12.4. The summed E-state index contributed by atoms with van der Waals surface area (Å²) < 4.78 is 0. The predicted octanol–water partition coefficient (Wildman–Crippen LogP) is 2.37. The first-order valence-electron chi connectivity index (χ1n) is 6.08. The molecule has 0 aliphatic carbocycles. The molecule has 0 fully saturated rings. The van der Waals surface area contributed by atoms with Crippen molar-refractivity contribution in [2.75, 3.05) is 11.9 Å². The molecule has 94 valence electrons. The number of aromatic nitrogens is 4. The van der Waals surface area contributed by atoms with E-state index >= 15 is 0 Å². The van der Waals surface area contributed by atoms with Gasteiger partial charge in [-0.1, -0.05) is 6.92 Å². The summed E-state index contributed by atoms with van der Waals surface area (Å²) in [5.41, 5.74) is 2.80. The zero-order chi connectivity index (χ0) is 13.0. The molecule has 1 N–H and O–H groups in total. The molecule has 0 aliphatic heterocycles. The molecule has 2 heterocycles. The van der Waals surface area contributed by atoms with Crippen LogP contribution in [-0.4, -0.2) is 26.5 Å². The SMILES string of the molecule is CCCNc1nc(-c2ccncn2)nc(C)c1C. The number of anilines is 1. The van der Waals surface area contributed by atoms with Crippen molar-refractivity contribution in [3.05, 3.63) is 29.8 Å². The van der Waals surface area contributed by atoms with Crippen LogP contribution in [0.2, 0.25) is 0 Å². The third-order valence-electron chi connectivity index (χ3n) is 2.74. The summed E-state index contributed by atoms with van der Waals surface area (Å²) in [6, 6.07) is 1.81. The molecule has 0 saturated heterocycles. The van der Waals surface area contributed by atoms with Gasteiger partial charge >= 0.3 is 0 Å². The molecule has 0 saturated carbocycles. The van der Waals surface area contributed by atoms with Crippen LogP contribution >= 0.6 is 0 Å². The lowest BCUT2D eigenvalue weighted by Crippen LogP contribution is -2.07. The number of aryl methyl sites for hydroxylation is 1. The minimum Gasteiger partial charge on any atom is -0.370 e. The van der Waals surface area contributed by atoms with Crippen molar-refractivity contribution < 1.29 is 0 Å². The Morgan fingerprint density at radius 2 is 2.06 bits per heavy atom. The van der Waals surface area contributed by atoms with Crippen molar-refractivity contribution in [2.24, 2.45) is 0 Å². The minimum absolute atomic E-state index is 0.638. The molecular formula is C13H17N5. The molecule has 0 atom stereocenters. The first-order chi connectivity index (χ1) is 8.72. The highest BCUT2D eigenvalue weighted by Crippen LogP contribution is 2.19. The summed E-state index contributed by atoms with van der Waals surface area (Å²) in [5.74, 6) is 1.53. The summed E-state index contributed by atoms with van der Waals surface area (Å²) in [4.78, 5) is 17.1. The van der Waals surface area contributed by atoms with Crippen LogP contribution in [0.5, 0.6) is 0 Å². The Hall–Kier alpha value is -2.04. The highest BCUT2D eigenvalue weighted by Gasteiger charge is 2.09. The van der Waals surface area contributed by atoms with Crippen LogP contribution in [-0.2, 0) is 0 Å². The number of rotatable bonds is 4. The molecule has 0 spiro atoms. The lowest BCUT2D eigenvalue weighted by Gasteiger charge is -2.11. The van der Waals surface area contributed by atoms with Gasteiger partial charge in [-0.15, -0.1) is 0 Å². The van der Waals surface area contributed by atoms with E-state index in [-0.39, 0.29) is 0 Å². The monoisotopic (exact) mass is 243 g/mol. The van der Waals surface area contributed by atoms with Gasteiger partial charge in [0.25, 0.3) is 0 Å². The second kappa shape index (κ2) is 5.53. The number of nitrogens with zero attached hydrogens (tertiary/aromatic N) is 4. The van der Waals surface area contributed by atoms with Gasteiger partial charge in [0.05, 0.1) is 0 Å². The zero-order valence-corrected chi connectivity index (χ0v) is 10.9.